The lowest BCUT2D eigenvalue weighted by atomic mass is 10.2. The Hall–Kier alpha value is -2.90. The summed E-state index contributed by atoms with van der Waals surface area (Å²) in [6.07, 6.45) is 3.52. The van der Waals surface area contributed by atoms with Crippen LogP contribution in [-0.2, 0) is 6.42 Å². The zero-order valence-corrected chi connectivity index (χ0v) is 15.1. The zero-order chi connectivity index (χ0) is 18.1. The van der Waals surface area contributed by atoms with Gasteiger partial charge in [-0.05, 0) is 25.5 Å². The van der Waals surface area contributed by atoms with Crippen LogP contribution in [0.15, 0.2) is 28.9 Å². The van der Waals surface area contributed by atoms with Gasteiger partial charge in [0.25, 0.3) is 11.7 Å². The summed E-state index contributed by atoms with van der Waals surface area (Å²) in [5.74, 6) is 2.73. The number of nitrogens with zero attached hydrogens (tertiary/aromatic N) is 6. The van der Waals surface area contributed by atoms with Gasteiger partial charge in [0.1, 0.15) is 11.6 Å². The second-order valence-corrected chi connectivity index (χ2v) is 6.49. The maximum Gasteiger partial charge on any atom is 0.289 e. The van der Waals surface area contributed by atoms with Crippen LogP contribution in [0, 0.1) is 6.92 Å². The van der Waals surface area contributed by atoms with E-state index in [1.54, 1.807) is 12.1 Å². The third kappa shape index (κ3) is 2.91. The Labute approximate surface area is 151 Å². The minimum absolute atomic E-state index is 0.0576. The smallest absolute Gasteiger partial charge is 0.289 e. The summed E-state index contributed by atoms with van der Waals surface area (Å²) in [6.45, 7) is 6.84. The van der Waals surface area contributed by atoms with Gasteiger partial charge in [0.15, 0.2) is 5.76 Å². The molecule has 4 heterocycles. The predicted octanol–water partition coefficient (Wildman–Crippen LogP) is 1.94. The first-order valence-corrected chi connectivity index (χ1v) is 8.96. The van der Waals surface area contributed by atoms with E-state index in [9.17, 15) is 4.79 Å². The Morgan fingerprint density at radius 3 is 2.73 bits per heavy atom. The van der Waals surface area contributed by atoms with E-state index < -0.39 is 0 Å². The van der Waals surface area contributed by atoms with Crippen molar-refractivity contribution in [1.82, 2.24) is 24.5 Å². The Balaban J connectivity index is 1.53. The van der Waals surface area contributed by atoms with E-state index in [-0.39, 0.29) is 5.91 Å². The van der Waals surface area contributed by atoms with Crippen molar-refractivity contribution in [3.8, 4) is 0 Å². The van der Waals surface area contributed by atoms with Gasteiger partial charge in [-0.1, -0.05) is 13.3 Å². The van der Waals surface area contributed by atoms with E-state index in [0.717, 1.165) is 37.6 Å². The maximum absolute atomic E-state index is 12.4. The van der Waals surface area contributed by atoms with Crippen LogP contribution in [0.25, 0.3) is 5.78 Å². The van der Waals surface area contributed by atoms with Crippen LogP contribution in [0.1, 0.15) is 35.4 Å². The van der Waals surface area contributed by atoms with Crippen molar-refractivity contribution < 1.29 is 9.21 Å². The summed E-state index contributed by atoms with van der Waals surface area (Å²) >= 11 is 0. The fourth-order valence-corrected chi connectivity index (χ4v) is 3.41. The number of carbonyl (C=O) groups excluding carboxylic acids is 1. The van der Waals surface area contributed by atoms with Crippen LogP contribution in [0.5, 0.6) is 0 Å². The van der Waals surface area contributed by atoms with Crippen molar-refractivity contribution in [1.29, 1.82) is 0 Å². The third-order valence-corrected chi connectivity index (χ3v) is 4.73. The summed E-state index contributed by atoms with van der Waals surface area (Å²) in [7, 11) is 0. The zero-order valence-electron chi connectivity index (χ0n) is 15.1. The number of furan rings is 1. The van der Waals surface area contributed by atoms with Crippen molar-refractivity contribution in [2.45, 2.75) is 26.7 Å². The molecular weight excluding hydrogens is 332 g/mol. The average molecular weight is 354 g/mol. The van der Waals surface area contributed by atoms with Crippen LogP contribution in [0.4, 0.5) is 5.82 Å². The van der Waals surface area contributed by atoms with Crippen LogP contribution in [0.2, 0.25) is 0 Å². The van der Waals surface area contributed by atoms with E-state index in [1.807, 2.05) is 16.2 Å². The van der Waals surface area contributed by atoms with Crippen LogP contribution >= 0.6 is 0 Å². The molecule has 0 atom stereocenters. The van der Waals surface area contributed by atoms with Gasteiger partial charge in [-0.25, -0.2) is 0 Å². The van der Waals surface area contributed by atoms with E-state index in [4.69, 9.17) is 4.42 Å². The third-order valence-electron chi connectivity index (χ3n) is 4.73. The molecule has 0 aromatic carbocycles. The van der Waals surface area contributed by atoms with E-state index >= 15 is 0 Å². The summed E-state index contributed by atoms with van der Waals surface area (Å²) in [5.41, 5.74) is 1.17. The lowest BCUT2D eigenvalue weighted by Crippen LogP contribution is -2.49. The topological polar surface area (TPSA) is 79.8 Å². The van der Waals surface area contributed by atoms with E-state index in [2.05, 4.69) is 33.1 Å². The summed E-state index contributed by atoms with van der Waals surface area (Å²) < 4.78 is 7.24. The molecule has 1 fully saturated rings. The van der Waals surface area contributed by atoms with Gasteiger partial charge in [0.2, 0.25) is 0 Å². The molecular formula is C18H22N6O2. The first-order valence-electron chi connectivity index (χ1n) is 8.96. The number of amides is 1. The number of carbonyl (C=O) groups is 1. The monoisotopic (exact) mass is 354 g/mol. The van der Waals surface area contributed by atoms with Crippen LogP contribution in [-0.4, -0.2) is 56.6 Å². The molecule has 0 aliphatic carbocycles. The predicted molar refractivity (Wildman–Crippen MR) is 96.3 cm³/mol. The van der Waals surface area contributed by atoms with Gasteiger partial charge >= 0.3 is 0 Å². The molecule has 0 radical (unpaired) electrons. The minimum atomic E-state index is -0.0576. The van der Waals surface area contributed by atoms with E-state index in [0.29, 0.717) is 24.6 Å². The molecule has 4 rings (SSSR count). The molecule has 8 nitrogen and oxygen atoms in total. The number of hydrogen-bond donors (Lipinski definition) is 0. The molecule has 0 spiro atoms. The Bertz CT molecular complexity index is 909. The second kappa shape index (κ2) is 6.78. The van der Waals surface area contributed by atoms with Gasteiger partial charge in [-0.3, -0.25) is 9.20 Å². The molecule has 1 amide bonds. The Morgan fingerprint density at radius 2 is 2.04 bits per heavy atom. The van der Waals surface area contributed by atoms with Gasteiger partial charge in [0.05, 0.1) is 6.26 Å². The highest BCUT2D eigenvalue weighted by molar-refractivity contribution is 5.91. The van der Waals surface area contributed by atoms with Gasteiger partial charge < -0.3 is 14.2 Å². The highest BCUT2D eigenvalue weighted by atomic mass is 16.3. The van der Waals surface area contributed by atoms with E-state index in [1.165, 1.54) is 12.0 Å². The first kappa shape index (κ1) is 16.6. The molecule has 0 N–H and O–H groups in total. The standard InChI is InChI=1S/C18H22N6O2/c1-3-5-14-12-16(19-18-21-20-13(2)24(14)18)22-7-9-23(10-8-22)17(25)15-6-4-11-26-15/h4,6,11-12H,3,5,7-10H2,1-2H3. The molecule has 0 bridgehead atoms. The molecule has 0 unspecified atom stereocenters. The fourth-order valence-electron chi connectivity index (χ4n) is 3.41. The van der Waals surface area contributed by atoms with Crippen molar-refractivity contribution in [2.75, 3.05) is 31.1 Å². The first-order chi connectivity index (χ1) is 12.7. The molecule has 26 heavy (non-hydrogen) atoms. The molecule has 3 aromatic rings. The largest absolute Gasteiger partial charge is 0.459 e. The number of anilines is 1. The summed E-state index contributed by atoms with van der Waals surface area (Å²) in [6, 6.07) is 5.56. The summed E-state index contributed by atoms with van der Waals surface area (Å²) in [4.78, 5) is 21.1. The lowest BCUT2D eigenvalue weighted by Gasteiger charge is -2.35. The number of aryl methyl sites for hydroxylation is 2. The normalized spacial score (nSPS) is 15.0. The summed E-state index contributed by atoms with van der Waals surface area (Å²) in [5, 5.41) is 8.35. The molecule has 3 aromatic heterocycles. The van der Waals surface area contributed by atoms with Crippen LogP contribution in [0.3, 0.4) is 0 Å². The molecule has 1 aliphatic heterocycles. The molecule has 8 heteroatoms. The average Bonchev–Trinajstić information content (AvgIpc) is 3.32. The number of aromatic nitrogens is 4. The molecule has 0 saturated carbocycles. The Morgan fingerprint density at radius 1 is 1.23 bits per heavy atom. The quantitative estimate of drug-likeness (QED) is 0.712. The van der Waals surface area contributed by atoms with Gasteiger partial charge in [-0.2, -0.15) is 4.98 Å². The number of rotatable bonds is 4. The number of hydrogen-bond acceptors (Lipinski definition) is 6. The van der Waals surface area contributed by atoms with Gasteiger partial charge in [0, 0.05) is 37.9 Å². The number of piperazine rings is 1. The lowest BCUT2D eigenvalue weighted by molar-refractivity contribution is 0.0714. The minimum Gasteiger partial charge on any atom is -0.459 e. The second-order valence-electron chi connectivity index (χ2n) is 6.49. The molecule has 1 aliphatic rings. The highest BCUT2D eigenvalue weighted by Crippen LogP contribution is 2.20. The SMILES string of the molecule is CCCc1cc(N2CCN(C(=O)c3ccco3)CC2)nc2nnc(C)n12. The van der Waals surface area contributed by atoms with Gasteiger partial charge in [-0.15, -0.1) is 10.2 Å². The highest BCUT2D eigenvalue weighted by Gasteiger charge is 2.25. The number of fused-ring (bicyclic) bond motifs is 1. The maximum atomic E-state index is 12.4. The van der Waals surface area contributed by atoms with Crippen molar-refractivity contribution in [3.63, 3.8) is 0 Å². The fraction of sp³-hybridized carbons (Fsp3) is 0.444. The van der Waals surface area contributed by atoms with Crippen molar-refractivity contribution >= 4 is 17.5 Å². The molecule has 1 saturated heterocycles. The Kier molecular flexibility index (Phi) is 4.32. The van der Waals surface area contributed by atoms with Crippen molar-refractivity contribution in [2.24, 2.45) is 0 Å². The van der Waals surface area contributed by atoms with Crippen molar-refractivity contribution in [3.05, 3.63) is 41.7 Å². The molecule has 136 valence electrons. The van der Waals surface area contributed by atoms with Crippen LogP contribution < -0.4 is 4.90 Å².